The molecule has 0 atom stereocenters. The van der Waals surface area contributed by atoms with Crippen molar-refractivity contribution in [1.29, 1.82) is 0 Å². The first-order valence-corrected chi connectivity index (χ1v) is 6.56. The van der Waals surface area contributed by atoms with Gasteiger partial charge in [-0.3, -0.25) is 9.59 Å². The van der Waals surface area contributed by atoms with Crippen molar-refractivity contribution < 1.29 is 4.79 Å². The summed E-state index contributed by atoms with van der Waals surface area (Å²) in [6, 6.07) is 5.66. The molecule has 0 spiro atoms. The predicted molar refractivity (Wildman–Crippen MR) is 76.3 cm³/mol. The third-order valence-electron chi connectivity index (χ3n) is 2.93. The molecule has 1 aromatic carbocycles. The number of pyridine rings is 1. The van der Waals surface area contributed by atoms with Crippen molar-refractivity contribution in [2.75, 3.05) is 0 Å². The lowest BCUT2D eigenvalue weighted by molar-refractivity contribution is 0.101. The summed E-state index contributed by atoms with van der Waals surface area (Å²) in [6.07, 6.45) is 1.66. The zero-order valence-corrected chi connectivity index (χ0v) is 12.1. The van der Waals surface area contributed by atoms with Crippen molar-refractivity contribution in [1.82, 2.24) is 4.57 Å². The molecule has 0 bridgehead atoms. The van der Waals surface area contributed by atoms with Crippen LogP contribution in [-0.4, -0.2) is 10.4 Å². The van der Waals surface area contributed by atoms with E-state index in [0.29, 0.717) is 5.39 Å². The van der Waals surface area contributed by atoms with E-state index in [4.69, 9.17) is 0 Å². The first-order chi connectivity index (χ1) is 8.41. The van der Waals surface area contributed by atoms with Crippen molar-refractivity contribution in [3.8, 4) is 0 Å². The number of benzene rings is 1. The lowest BCUT2D eigenvalue weighted by atomic mass is 10.1. The number of rotatable bonds is 2. The number of fused-ring (bicyclic) bond motifs is 1. The quantitative estimate of drug-likeness (QED) is 0.796. The number of Topliss-reactive ketones (excluding diaryl/α,β-unsaturated/α-hetero) is 1. The van der Waals surface area contributed by atoms with Crippen molar-refractivity contribution in [2.24, 2.45) is 0 Å². The van der Waals surface area contributed by atoms with Crippen LogP contribution < -0.4 is 5.43 Å². The van der Waals surface area contributed by atoms with Gasteiger partial charge < -0.3 is 4.57 Å². The number of carbonyl (C=O) groups is 1. The van der Waals surface area contributed by atoms with E-state index in [0.717, 1.165) is 9.99 Å². The van der Waals surface area contributed by atoms with Gasteiger partial charge in [0.2, 0.25) is 0 Å². The summed E-state index contributed by atoms with van der Waals surface area (Å²) in [7, 11) is 0. The Kier molecular flexibility index (Phi) is 3.39. The summed E-state index contributed by atoms with van der Waals surface area (Å²) < 4.78 is 2.87. The van der Waals surface area contributed by atoms with E-state index in [1.807, 2.05) is 30.5 Å². The third-order valence-corrected chi connectivity index (χ3v) is 3.42. The Morgan fingerprint density at radius 3 is 2.56 bits per heavy atom. The van der Waals surface area contributed by atoms with E-state index in [9.17, 15) is 9.59 Å². The molecule has 0 radical (unpaired) electrons. The second-order valence-electron chi connectivity index (χ2n) is 4.59. The zero-order chi connectivity index (χ0) is 13.4. The molecule has 0 aliphatic carbocycles. The van der Waals surface area contributed by atoms with Crippen LogP contribution in [0.5, 0.6) is 0 Å². The van der Waals surface area contributed by atoms with Crippen molar-refractivity contribution in [3.05, 3.63) is 44.7 Å². The summed E-state index contributed by atoms with van der Waals surface area (Å²) in [5.74, 6) is -0.195. The Morgan fingerprint density at radius 2 is 2.00 bits per heavy atom. The Labute approximate surface area is 114 Å². The normalized spacial score (nSPS) is 11.2. The molecular weight excluding hydrogens is 294 g/mol. The lowest BCUT2D eigenvalue weighted by Gasteiger charge is -2.16. The highest BCUT2D eigenvalue weighted by Crippen LogP contribution is 2.21. The molecule has 2 aromatic rings. The van der Waals surface area contributed by atoms with Crippen molar-refractivity contribution in [2.45, 2.75) is 26.8 Å². The molecule has 3 nitrogen and oxygen atoms in total. The number of nitrogens with zero attached hydrogens (tertiary/aromatic N) is 1. The maximum atomic E-state index is 12.2. The summed E-state index contributed by atoms with van der Waals surface area (Å²) in [4.78, 5) is 23.7. The molecule has 0 fully saturated rings. The van der Waals surface area contributed by atoms with Crippen LogP contribution in [-0.2, 0) is 0 Å². The largest absolute Gasteiger partial charge is 0.344 e. The van der Waals surface area contributed by atoms with Gasteiger partial charge in [0.1, 0.15) is 0 Å². The van der Waals surface area contributed by atoms with Gasteiger partial charge in [-0.15, -0.1) is 0 Å². The standard InChI is InChI=1S/C14H14BrNO2/c1-8(2)16-7-12(9(3)17)14(18)11-5-4-10(15)6-13(11)16/h4-8H,1-3H3. The molecule has 2 rings (SSSR count). The second kappa shape index (κ2) is 4.69. The molecular formula is C14H14BrNO2. The molecule has 94 valence electrons. The Hall–Kier alpha value is -1.42. The van der Waals surface area contributed by atoms with Gasteiger partial charge in [0, 0.05) is 22.1 Å². The minimum Gasteiger partial charge on any atom is -0.344 e. The molecule has 0 saturated heterocycles. The van der Waals surface area contributed by atoms with Crippen LogP contribution in [0.4, 0.5) is 0 Å². The minimum absolute atomic E-state index is 0.181. The van der Waals surface area contributed by atoms with E-state index in [2.05, 4.69) is 15.9 Å². The SMILES string of the molecule is CC(=O)c1cn(C(C)C)c2cc(Br)ccc2c1=O. The van der Waals surface area contributed by atoms with E-state index < -0.39 is 0 Å². The van der Waals surface area contributed by atoms with Gasteiger partial charge in [-0.05, 0) is 39.0 Å². The first kappa shape index (κ1) is 13.0. The highest BCUT2D eigenvalue weighted by Gasteiger charge is 2.13. The molecule has 0 amide bonds. The minimum atomic E-state index is -0.195. The van der Waals surface area contributed by atoms with Crippen molar-refractivity contribution in [3.63, 3.8) is 0 Å². The molecule has 18 heavy (non-hydrogen) atoms. The van der Waals surface area contributed by atoms with Gasteiger partial charge in [-0.1, -0.05) is 15.9 Å². The Balaban J connectivity index is 2.97. The van der Waals surface area contributed by atoms with Crippen LogP contribution in [0, 0.1) is 0 Å². The number of hydrogen-bond donors (Lipinski definition) is 0. The highest BCUT2D eigenvalue weighted by molar-refractivity contribution is 9.10. The number of ketones is 1. The monoisotopic (exact) mass is 307 g/mol. The molecule has 1 heterocycles. The van der Waals surface area contributed by atoms with Crippen molar-refractivity contribution >= 4 is 32.6 Å². The number of aromatic nitrogens is 1. The summed E-state index contributed by atoms with van der Waals surface area (Å²) in [5, 5.41) is 0.583. The van der Waals surface area contributed by atoms with Gasteiger partial charge in [0.25, 0.3) is 0 Å². The maximum Gasteiger partial charge on any atom is 0.200 e. The lowest BCUT2D eigenvalue weighted by Crippen LogP contribution is -2.18. The van der Waals surface area contributed by atoms with Crippen LogP contribution in [0.3, 0.4) is 0 Å². The Bertz CT molecular complexity index is 686. The van der Waals surface area contributed by atoms with Crippen LogP contribution in [0.2, 0.25) is 0 Å². The van der Waals surface area contributed by atoms with Crippen LogP contribution in [0.15, 0.2) is 33.7 Å². The fourth-order valence-corrected chi connectivity index (χ4v) is 2.35. The van der Waals surface area contributed by atoms with Gasteiger partial charge >= 0.3 is 0 Å². The fourth-order valence-electron chi connectivity index (χ4n) is 2.00. The average Bonchev–Trinajstić information content (AvgIpc) is 2.28. The van der Waals surface area contributed by atoms with E-state index in [-0.39, 0.29) is 22.8 Å². The number of carbonyl (C=O) groups excluding carboxylic acids is 1. The van der Waals surface area contributed by atoms with E-state index in [1.54, 1.807) is 12.3 Å². The van der Waals surface area contributed by atoms with Gasteiger partial charge in [0.05, 0.1) is 11.1 Å². The smallest absolute Gasteiger partial charge is 0.200 e. The van der Waals surface area contributed by atoms with E-state index >= 15 is 0 Å². The molecule has 0 aliphatic heterocycles. The molecule has 0 aliphatic rings. The second-order valence-corrected chi connectivity index (χ2v) is 5.51. The van der Waals surface area contributed by atoms with Crippen LogP contribution in [0.25, 0.3) is 10.9 Å². The summed E-state index contributed by atoms with van der Waals surface area (Å²) in [5.41, 5.74) is 0.898. The number of halogens is 1. The first-order valence-electron chi connectivity index (χ1n) is 5.77. The molecule has 1 aromatic heterocycles. The van der Waals surface area contributed by atoms with Gasteiger partial charge in [-0.25, -0.2) is 0 Å². The van der Waals surface area contributed by atoms with Crippen LogP contribution in [0.1, 0.15) is 37.2 Å². The summed E-state index contributed by atoms with van der Waals surface area (Å²) in [6.45, 7) is 5.47. The number of hydrogen-bond acceptors (Lipinski definition) is 2. The molecule has 0 N–H and O–H groups in total. The molecule has 4 heteroatoms. The van der Waals surface area contributed by atoms with Gasteiger partial charge in [0.15, 0.2) is 11.2 Å². The third kappa shape index (κ3) is 2.12. The summed E-state index contributed by atoms with van der Waals surface area (Å²) >= 11 is 3.41. The van der Waals surface area contributed by atoms with E-state index in [1.165, 1.54) is 6.92 Å². The highest BCUT2D eigenvalue weighted by atomic mass is 79.9. The molecule has 0 saturated carbocycles. The van der Waals surface area contributed by atoms with Gasteiger partial charge in [-0.2, -0.15) is 0 Å². The Morgan fingerprint density at radius 1 is 1.33 bits per heavy atom. The predicted octanol–water partition coefficient (Wildman–Crippen LogP) is 3.55. The zero-order valence-electron chi connectivity index (χ0n) is 10.5. The topological polar surface area (TPSA) is 39.1 Å². The fraction of sp³-hybridized carbons (Fsp3) is 0.286. The van der Waals surface area contributed by atoms with Crippen LogP contribution >= 0.6 is 15.9 Å². The maximum absolute atomic E-state index is 12.2. The average molecular weight is 308 g/mol. The molecule has 0 unspecified atom stereocenters.